The van der Waals surface area contributed by atoms with E-state index in [-0.39, 0.29) is 30.5 Å². The van der Waals surface area contributed by atoms with Crippen LogP contribution < -0.4 is 4.90 Å². The highest BCUT2D eigenvalue weighted by atomic mass is 32.2. The van der Waals surface area contributed by atoms with Gasteiger partial charge in [0.1, 0.15) is 5.82 Å². The first kappa shape index (κ1) is 15.7. The fourth-order valence-electron chi connectivity index (χ4n) is 2.65. The normalized spacial score (nSPS) is 17.2. The first-order valence-corrected chi connectivity index (χ1v) is 9.26. The molecule has 1 fully saturated rings. The Kier molecular flexibility index (Phi) is 3.97. The highest BCUT2D eigenvalue weighted by molar-refractivity contribution is 7.91. The molecule has 1 saturated heterocycles. The minimum atomic E-state index is -3.01. The number of anilines is 1. The van der Waals surface area contributed by atoms with Gasteiger partial charge in [0.25, 0.3) is 5.91 Å². The molecule has 0 bridgehead atoms. The third-order valence-corrected chi connectivity index (χ3v) is 5.63. The molecule has 0 saturated carbocycles. The lowest BCUT2D eigenvalue weighted by atomic mass is 10.1. The van der Waals surface area contributed by atoms with E-state index in [9.17, 15) is 13.2 Å². The summed E-state index contributed by atoms with van der Waals surface area (Å²) in [7, 11) is 0.738. The molecule has 7 heteroatoms. The number of carbonyl (C=O) groups excluding carboxylic acids is 1. The number of rotatable bonds is 2. The van der Waals surface area contributed by atoms with Crippen molar-refractivity contribution in [3.05, 3.63) is 35.9 Å². The maximum absolute atomic E-state index is 12.9. The summed E-state index contributed by atoms with van der Waals surface area (Å²) in [5.74, 6) is 0.628. The van der Waals surface area contributed by atoms with Crippen molar-refractivity contribution in [2.45, 2.75) is 0 Å². The van der Waals surface area contributed by atoms with Crippen LogP contribution in [0.15, 0.2) is 30.3 Å². The predicted molar refractivity (Wildman–Crippen MR) is 90.6 cm³/mol. The number of para-hydroxylation sites is 1. The van der Waals surface area contributed by atoms with E-state index in [1.807, 2.05) is 43.3 Å². The van der Waals surface area contributed by atoms with E-state index >= 15 is 0 Å². The Hall–Kier alpha value is -2.15. The predicted octanol–water partition coefficient (Wildman–Crippen LogP) is 1.17. The second kappa shape index (κ2) is 5.81. The first-order valence-electron chi connectivity index (χ1n) is 7.44. The van der Waals surface area contributed by atoms with Crippen LogP contribution >= 0.6 is 0 Å². The summed E-state index contributed by atoms with van der Waals surface area (Å²) >= 11 is 0. The Labute approximate surface area is 135 Å². The molecule has 3 rings (SSSR count). The van der Waals surface area contributed by atoms with E-state index in [1.165, 1.54) is 0 Å². The van der Waals surface area contributed by atoms with Gasteiger partial charge in [-0.1, -0.05) is 18.2 Å². The molecule has 0 unspecified atom stereocenters. The minimum absolute atomic E-state index is 0.0301. The second-order valence-electron chi connectivity index (χ2n) is 5.88. The van der Waals surface area contributed by atoms with Gasteiger partial charge in [0.15, 0.2) is 9.84 Å². The average molecular weight is 333 g/mol. The van der Waals surface area contributed by atoms with E-state index in [2.05, 4.69) is 4.98 Å². The summed E-state index contributed by atoms with van der Waals surface area (Å²) in [6.45, 7) is 0.490. The SMILES string of the molecule is CN(C)c1cc(C(=O)N2CCS(=O)(=O)CC2)c2ccccc2n1. The van der Waals surface area contributed by atoms with Crippen LogP contribution in [0.25, 0.3) is 10.9 Å². The number of sulfone groups is 1. The van der Waals surface area contributed by atoms with Gasteiger partial charge in [-0.3, -0.25) is 4.79 Å². The van der Waals surface area contributed by atoms with E-state index in [4.69, 9.17) is 0 Å². The number of benzene rings is 1. The lowest BCUT2D eigenvalue weighted by Crippen LogP contribution is -2.43. The van der Waals surface area contributed by atoms with Gasteiger partial charge in [-0.15, -0.1) is 0 Å². The quantitative estimate of drug-likeness (QED) is 0.825. The van der Waals surface area contributed by atoms with Crippen molar-refractivity contribution in [1.29, 1.82) is 0 Å². The molecule has 0 atom stereocenters. The molecule has 2 heterocycles. The Balaban J connectivity index is 2.03. The zero-order chi connectivity index (χ0) is 16.6. The summed E-state index contributed by atoms with van der Waals surface area (Å²) in [4.78, 5) is 20.9. The number of aromatic nitrogens is 1. The number of hydrogen-bond acceptors (Lipinski definition) is 5. The molecule has 122 valence electrons. The molecule has 1 aromatic heterocycles. The smallest absolute Gasteiger partial charge is 0.254 e. The van der Waals surface area contributed by atoms with Crippen LogP contribution in [0, 0.1) is 0 Å². The molecule has 0 N–H and O–H groups in total. The maximum Gasteiger partial charge on any atom is 0.254 e. The Morgan fingerprint density at radius 1 is 1.17 bits per heavy atom. The molecule has 1 amide bonds. The highest BCUT2D eigenvalue weighted by Crippen LogP contribution is 2.24. The van der Waals surface area contributed by atoms with Crippen LogP contribution in [-0.4, -0.2) is 62.9 Å². The van der Waals surface area contributed by atoms with Gasteiger partial charge in [-0.05, 0) is 12.1 Å². The molecule has 1 aliphatic rings. The molecular weight excluding hydrogens is 314 g/mol. The van der Waals surface area contributed by atoms with E-state index in [0.717, 1.165) is 10.9 Å². The van der Waals surface area contributed by atoms with E-state index in [0.29, 0.717) is 11.4 Å². The molecule has 23 heavy (non-hydrogen) atoms. The fraction of sp³-hybridized carbons (Fsp3) is 0.375. The van der Waals surface area contributed by atoms with Gasteiger partial charge in [0.2, 0.25) is 0 Å². The van der Waals surface area contributed by atoms with Gasteiger partial charge in [-0.2, -0.15) is 0 Å². The minimum Gasteiger partial charge on any atom is -0.363 e. The summed E-state index contributed by atoms with van der Waals surface area (Å²) in [5.41, 5.74) is 1.32. The van der Waals surface area contributed by atoms with Crippen molar-refractivity contribution in [1.82, 2.24) is 9.88 Å². The van der Waals surface area contributed by atoms with E-state index < -0.39 is 9.84 Å². The van der Waals surface area contributed by atoms with Gasteiger partial charge >= 0.3 is 0 Å². The van der Waals surface area contributed by atoms with Crippen LogP contribution in [0.5, 0.6) is 0 Å². The van der Waals surface area contributed by atoms with Crippen LogP contribution in [0.4, 0.5) is 5.82 Å². The van der Waals surface area contributed by atoms with Gasteiger partial charge in [0, 0.05) is 32.6 Å². The summed E-state index contributed by atoms with van der Waals surface area (Å²) < 4.78 is 23.1. The monoisotopic (exact) mass is 333 g/mol. The van der Waals surface area contributed by atoms with Crippen LogP contribution in [0.3, 0.4) is 0 Å². The van der Waals surface area contributed by atoms with Crippen molar-refractivity contribution < 1.29 is 13.2 Å². The lowest BCUT2D eigenvalue weighted by Gasteiger charge is -2.27. The number of amides is 1. The highest BCUT2D eigenvalue weighted by Gasteiger charge is 2.27. The van der Waals surface area contributed by atoms with Gasteiger partial charge < -0.3 is 9.80 Å². The van der Waals surface area contributed by atoms with E-state index in [1.54, 1.807) is 11.0 Å². The number of hydrogen-bond donors (Lipinski definition) is 0. The maximum atomic E-state index is 12.9. The number of pyridine rings is 1. The number of nitrogens with zero attached hydrogens (tertiary/aromatic N) is 3. The van der Waals surface area contributed by atoms with Gasteiger partial charge in [0.05, 0.1) is 22.6 Å². The zero-order valence-electron chi connectivity index (χ0n) is 13.2. The molecule has 0 aliphatic carbocycles. The average Bonchev–Trinajstić information content (AvgIpc) is 2.53. The standard InChI is InChI=1S/C16H19N3O3S/c1-18(2)15-11-13(12-5-3-4-6-14(12)17-15)16(20)19-7-9-23(21,22)10-8-19/h3-6,11H,7-10H2,1-2H3. The molecule has 0 spiro atoms. The molecule has 1 aromatic carbocycles. The van der Waals surface area contributed by atoms with Crippen LogP contribution in [0.2, 0.25) is 0 Å². The summed E-state index contributed by atoms with van der Waals surface area (Å²) in [5, 5.41) is 0.788. The molecule has 2 aromatic rings. The Bertz CT molecular complexity index is 848. The number of carbonyl (C=O) groups is 1. The third kappa shape index (κ3) is 3.14. The topological polar surface area (TPSA) is 70.6 Å². The van der Waals surface area contributed by atoms with Crippen molar-refractivity contribution in [3.63, 3.8) is 0 Å². The summed E-state index contributed by atoms with van der Waals surface area (Å²) in [6, 6.07) is 9.27. The lowest BCUT2D eigenvalue weighted by molar-refractivity contribution is 0.0772. The van der Waals surface area contributed by atoms with Crippen molar-refractivity contribution in [2.75, 3.05) is 43.6 Å². The molecule has 0 radical (unpaired) electrons. The third-order valence-electron chi connectivity index (χ3n) is 4.02. The molecular formula is C16H19N3O3S. The fourth-order valence-corrected chi connectivity index (χ4v) is 3.85. The van der Waals surface area contributed by atoms with Gasteiger partial charge in [-0.25, -0.2) is 13.4 Å². The van der Waals surface area contributed by atoms with Crippen molar-refractivity contribution in [3.8, 4) is 0 Å². The first-order chi connectivity index (χ1) is 10.9. The largest absolute Gasteiger partial charge is 0.363 e. The van der Waals surface area contributed by atoms with Crippen LogP contribution in [-0.2, 0) is 9.84 Å². The van der Waals surface area contributed by atoms with Crippen molar-refractivity contribution in [2.24, 2.45) is 0 Å². The molecule has 6 nitrogen and oxygen atoms in total. The van der Waals surface area contributed by atoms with Crippen LogP contribution in [0.1, 0.15) is 10.4 Å². The zero-order valence-corrected chi connectivity index (χ0v) is 14.0. The molecule has 1 aliphatic heterocycles. The Morgan fingerprint density at radius 2 is 1.83 bits per heavy atom. The number of fused-ring (bicyclic) bond motifs is 1. The van der Waals surface area contributed by atoms with Crippen molar-refractivity contribution >= 4 is 32.5 Å². The second-order valence-corrected chi connectivity index (χ2v) is 8.19. The summed E-state index contributed by atoms with van der Waals surface area (Å²) in [6.07, 6.45) is 0. The Morgan fingerprint density at radius 3 is 2.48 bits per heavy atom.